The van der Waals surface area contributed by atoms with Crippen molar-refractivity contribution in [3.05, 3.63) is 23.8 Å². The zero-order valence-corrected chi connectivity index (χ0v) is 11.6. The van der Waals surface area contributed by atoms with Gasteiger partial charge in [0.25, 0.3) is 0 Å². The third-order valence-electron chi connectivity index (χ3n) is 3.54. The molecule has 0 aromatic heterocycles. The SMILES string of the molecule is CC(C)c1cccc2c1NCCCN2CCC(=O)O. The average molecular weight is 262 g/mol. The first kappa shape index (κ1) is 13.7. The van der Waals surface area contributed by atoms with Crippen LogP contribution < -0.4 is 10.2 Å². The van der Waals surface area contributed by atoms with E-state index in [1.165, 1.54) is 11.3 Å². The van der Waals surface area contributed by atoms with Crippen molar-refractivity contribution in [1.82, 2.24) is 0 Å². The molecule has 1 aliphatic rings. The van der Waals surface area contributed by atoms with Crippen molar-refractivity contribution in [3.63, 3.8) is 0 Å². The van der Waals surface area contributed by atoms with Gasteiger partial charge in [-0.1, -0.05) is 26.0 Å². The molecule has 0 unspecified atom stereocenters. The minimum Gasteiger partial charge on any atom is -0.481 e. The number of carboxylic acids is 1. The number of fused-ring (bicyclic) bond motifs is 1. The fraction of sp³-hybridized carbons (Fsp3) is 0.533. The van der Waals surface area contributed by atoms with Crippen molar-refractivity contribution in [3.8, 4) is 0 Å². The molecular weight excluding hydrogens is 240 g/mol. The van der Waals surface area contributed by atoms with E-state index in [4.69, 9.17) is 5.11 Å². The van der Waals surface area contributed by atoms with E-state index in [1.54, 1.807) is 0 Å². The summed E-state index contributed by atoms with van der Waals surface area (Å²) in [4.78, 5) is 13.0. The predicted octanol–water partition coefficient (Wildman–Crippen LogP) is 2.91. The van der Waals surface area contributed by atoms with Crippen molar-refractivity contribution in [2.24, 2.45) is 0 Å². The second-order valence-corrected chi connectivity index (χ2v) is 5.31. The van der Waals surface area contributed by atoms with Crippen LogP contribution in [-0.2, 0) is 4.79 Å². The minimum absolute atomic E-state index is 0.186. The van der Waals surface area contributed by atoms with Crippen LogP contribution in [0, 0.1) is 0 Å². The third kappa shape index (κ3) is 3.19. The molecule has 1 aromatic rings. The minimum atomic E-state index is -0.737. The number of hydrogen-bond donors (Lipinski definition) is 2. The van der Waals surface area contributed by atoms with Crippen LogP contribution in [0.4, 0.5) is 11.4 Å². The molecule has 4 heteroatoms. The van der Waals surface area contributed by atoms with E-state index in [-0.39, 0.29) is 6.42 Å². The molecule has 0 atom stereocenters. The summed E-state index contributed by atoms with van der Waals surface area (Å²) < 4.78 is 0. The average Bonchev–Trinajstić information content (AvgIpc) is 2.57. The molecule has 1 aliphatic heterocycles. The van der Waals surface area contributed by atoms with Gasteiger partial charge >= 0.3 is 5.97 Å². The standard InChI is InChI=1S/C15H22N2O2/c1-11(2)12-5-3-6-13-15(12)16-8-4-9-17(13)10-7-14(18)19/h3,5-6,11,16H,4,7-10H2,1-2H3,(H,18,19). The molecule has 0 aliphatic carbocycles. The number of carbonyl (C=O) groups is 1. The molecule has 4 nitrogen and oxygen atoms in total. The van der Waals surface area contributed by atoms with Gasteiger partial charge in [0.2, 0.25) is 0 Å². The summed E-state index contributed by atoms with van der Waals surface area (Å²) in [7, 11) is 0. The summed E-state index contributed by atoms with van der Waals surface area (Å²) in [5.41, 5.74) is 3.63. The summed E-state index contributed by atoms with van der Waals surface area (Å²) in [6.45, 7) is 6.80. The molecular formula is C15H22N2O2. The highest BCUT2D eigenvalue weighted by atomic mass is 16.4. The highest BCUT2D eigenvalue weighted by Crippen LogP contribution is 2.35. The monoisotopic (exact) mass is 262 g/mol. The summed E-state index contributed by atoms with van der Waals surface area (Å²) >= 11 is 0. The normalized spacial score (nSPS) is 14.8. The van der Waals surface area contributed by atoms with Crippen LogP contribution in [0.5, 0.6) is 0 Å². The van der Waals surface area contributed by atoms with Gasteiger partial charge in [0.1, 0.15) is 0 Å². The van der Waals surface area contributed by atoms with Gasteiger partial charge in [0, 0.05) is 19.6 Å². The zero-order valence-electron chi connectivity index (χ0n) is 11.6. The molecule has 0 bridgehead atoms. The zero-order chi connectivity index (χ0) is 13.8. The Labute approximate surface area is 114 Å². The highest BCUT2D eigenvalue weighted by molar-refractivity contribution is 5.76. The van der Waals surface area contributed by atoms with Crippen LogP contribution >= 0.6 is 0 Å². The first-order chi connectivity index (χ1) is 9.09. The summed E-state index contributed by atoms with van der Waals surface area (Å²) in [5.74, 6) is -0.277. The second-order valence-electron chi connectivity index (χ2n) is 5.31. The number of nitrogens with zero attached hydrogens (tertiary/aromatic N) is 1. The van der Waals surface area contributed by atoms with Crippen LogP contribution in [-0.4, -0.2) is 30.7 Å². The molecule has 0 saturated carbocycles. The van der Waals surface area contributed by atoms with Crippen LogP contribution in [0.3, 0.4) is 0 Å². The molecule has 19 heavy (non-hydrogen) atoms. The molecule has 2 N–H and O–H groups in total. The second kappa shape index (κ2) is 5.95. The molecule has 1 heterocycles. The maximum absolute atomic E-state index is 10.8. The van der Waals surface area contributed by atoms with Gasteiger partial charge in [-0.05, 0) is 24.0 Å². The molecule has 0 saturated heterocycles. The Hall–Kier alpha value is -1.71. The van der Waals surface area contributed by atoms with Gasteiger partial charge in [-0.2, -0.15) is 0 Å². The van der Waals surface area contributed by atoms with Gasteiger partial charge < -0.3 is 15.3 Å². The van der Waals surface area contributed by atoms with Gasteiger partial charge in [0.15, 0.2) is 0 Å². The molecule has 104 valence electrons. The van der Waals surface area contributed by atoms with Crippen LogP contribution in [0.15, 0.2) is 18.2 Å². The smallest absolute Gasteiger partial charge is 0.305 e. The number of hydrogen-bond acceptors (Lipinski definition) is 3. The topological polar surface area (TPSA) is 52.6 Å². The lowest BCUT2D eigenvalue weighted by Crippen LogP contribution is -2.26. The maximum Gasteiger partial charge on any atom is 0.305 e. The Morgan fingerprint density at radius 3 is 2.95 bits per heavy atom. The molecule has 0 fully saturated rings. The fourth-order valence-electron chi connectivity index (χ4n) is 2.56. The molecule has 0 spiro atoms. The number of nitrogens with one attached hydrogen (secondary N) is 1. The first-order valence-electron chi connectivity index (χ1n) is 6.93. The first-order valence-corrected chi connectivity index (χ1v) is 6.93. The summed E-state index contributed by atoms with van der Waals surface area (Å²) in [5, 5.41) is 12.4. The maximum atomic E-state index is 10.8. The predicted molar refractivity (Wildman–Crippen MR) is 78.1 cm³/mol. The Balaban J connectivity index is 2.31. The van der Waals surface area contributed by atoms with Crippen LogP contribution in [0.2, 0.25) is 0 Å². The molecule has 0 radical (unpaired) electrons. The van der Waals surface area contributed by atoms with Crippen molar-refractivity contribution < 1.29 is 9.90 Å². The van der Waals surface area contributed by atoms with E-state index in [1.807, 2.05) is 0 Å². The quantitative estimate of drug-likeness (QED) is 0.876. The van der Waals surface area contributed by atoms with E-state index in [9.17, 15) is 4.79 Å². The number of carboxylic acid groups (broad SMARTS) is 1. The van der Waals surface area contributed by atoms with Crippen molar-refractivity contribution in [1.29, 1.82) is 0 Å². The van der Waals surface area contributed by atoms with E-state index in [2.05, 4.69) is 42.3 Å². The van der Waals surface area contributed by atoms with Crippen LogP contribution in [0.25, 0.3) is 0 Å². The van der Waals surface area contributed by atoms with E-state index < -0.39 is 5.97 Å². The van der Waals surface area contributed by atoms with Gasteiger partial charge in [-0.25, -0.2) is 0 Å². The van der Waals surface area contributed by atoms with E-state index in [0.29, 0.717) is 12.5 Å². The summed E-state index contributed by atoms with van der Waals surface area (Å²) in [6.07, 6.45) is 1.22. The molecule has 2 rings (SSSR count). The van der Waals surface area contributed by atoms with Crippen LogP contribution in [0.1, 0.15) is 38.2 Å². The van der Waals surface area contributed by atoms with Crippen molar-refractivity contribution in [2.75, 3.05) is 29.9 Å². The van der Waals surface area contributed by atoms with E-state index in [0.717, 1.165) is 25.2 Å². The molecule has 0 amide bonds. The number of rotatable bonds is 4. The Morgan fingerprint density at radius 1 is 1.47 bits per heavy atom. The fourth-order valence-corrected chi connectivity index (χ4v) is 2.56. The lowest BCUT2D eigenvalue weighted by molar-refractivity contribution is -0.136. The largest absolute Gasteiger partial charge is 0.481 e. The van der Waals surface area contributed by atoms with Gasteiger partial charge in [-0.3, -0.25) is 4.79 Å². The lowest BCUT2D eigenvalue weighted by atomic mass is 9.99. The number of para-hydroxylation sites is 1. The Bertz CT molecular complexity index is 457. The highest BCUT2D eigenvalue weighted by Gasteiger charge is 2.19. The number of benzene rings is 1. The van der Waals surface area contributed by atoms with Gasteiger partial charge in [-0.15, -0.1) is 0 Å². The van der Waals surface area contributed by atoms with E-state index >= 15 is 0 Å². The third-order valence-corrected chi connectivity index (χ3v) is 3.54. The Morgan fingerprint density at radius 2 is 2.26 bits per heavy atom. The molecule has 1 aromatic carbocycles. The number of anilines is 2. The number of aliphatic carboxylic acids is 1. The summed E-state index contributed by atoms with van der Waals surface area (Å²) in [6, 6.07) is 6.30. The lowest BCUT2D eigenvalue weighted by Gasteiger charge is -2.25. The van der Waals surface area contributed by atoms with Crippen molar-refractivity contribution >= 4 is 17.3 Å². The van der Waals surface area contributed by atoms with Gasteiger partial charge in [0.05, 0.1) is 17.8 Å². The van der Waals surface area contributed by atoms with Crippen molar-refractivity contribution in [2.45, 2.75) is 32.6 Å². The Kier molecular flexibility index (Phi) is 4.30.